The van der Waals surface area contributed by atoms with E-state index in [1.165, 1.54) is 0 Å². The molecule has 0 amide bonds. The monoisotopic (exact) mass is 326 g/mol. The van der Waals surface area contributed by atoms with Gasteiger partial charge in [-0.2, -0.15) is 0 Å². The molecular weight excluding hydrogens is 300 g/mol. The van der Waals surface area contributed by atoms with E-state index in [1.54, 1.807) is 6.20 Å². The Morgan fingerprint density at radius 2 is 2.14 bits per heavy atom. The smallest absolute Gasteiger partial charge is 0.191 e. The van der Waals surface area contributed by atoms with Gasteiger partial charge in [0, 0.05) is 25.9 Å². The third-order valence-electron chi connectivity index (χ3n) is 2.99. The lowest BCUT2D eigenvalue weighted by Gasteiger charge is -2.11. The lowest BCUT2D eigenvalue weighted by Crippen LogP contribution is -2.38. The molecule has 124 valence electrons. The fourth-order valence-corrected chi connectivity index (χ4v) is 1.90. The summed E-state index contributed by atoms with van der Waals surface area (Å²) in [6.07, 6.45) is 4.95. The van der Waals surface area contributed by atoms with E-state index < -0.39 is 0 Å². The molecule has 0 saturated heterocycles. The molecule has 0 aliphatic carbocycles. The predicted molar refractivity (Wildman–Crippen MR) is 92.7 cm³/mol. The maximum absolute atomic E-state index is 5.77. The summed E-state index contributed by atoms with van der Waals surface area (Å²) in [5.41, 5.74) is 1.15. The fraction of sp³-hybridized carbons (Fsp3) is 0.625. The number of rotatable bonds is 10. The second-order valence-electron chi connectivity index (χ2n) is 4.89. The van der Waals surface area contributed by atoms with E-state index in [0.29, 0.717) is 18.3 Å². The third-order valence-corrected chi connectivity index (χ3v) is 3.21. The number of unbranched alkanes of at least 4 members (excludes halogenated alkanes) is 1. The lowest BCUT2D eigenvalue weighted by molar-refractivity contribution is 0.139. The minimum atomic E-state index is 0.523. The molecular formula is C16H27ClN4O. The normalized spacial score (nSPS) is 11.5. The minimum Gasteiger partial charge on any atom is -0.380 e. The topological polar surface area (TPSA) is 58.5 Å². The van der Waals surface area contributed by atoms with Gasteiger partial charge in [-0.05, 0) is 31.4 Å². The molecule has 22 heavy (non-hydrogen) atoms. The van der Waals surface area contributed by atoms with Crippen molar-refractivity contribution in [1.82, 2.24) is 15.6 Å². The Hall–Kier alpha value is -1.33. The summed E-state index contributed by atoms with van der Waals surface area (Å²) in [6, 6.07) is 3.80. The molecule has 0 saturated carbocycles. The van der Waals surface area contributed by atoms with Crippen molar-refractivity contribution in [3.05, 3.63) is 29.0 Å². The van der Waals surface area contributed by atoms with Crippen molar-refractivity contribution in [1.29, 1.82) is 0 Å². The molecule has 1 aromatic rings. The molecule has 1 rings (SSSR count). The number of nitrogens with zero attached hydrogens (tertiary/aromatic N) is 2. The van der Waals surface area contributed by atoms with Gasteiger partial charge in [0.15, 0.2) is 5.96 Å². The Labute approximate surface area is 138 Å². The highest BCUT2D eigenvalue weighted by atomic mass is 35.5. The van der Waals surface area contributed by atoms with Gasteiger partial charge in [0.2, 0.25) is 0 Å². The Kier molecular flexibility index (Phi) is 10.4. The van der Waals surface area contributed by atoms with Gasteiger partial charge in [0.05, 0.1) is 13.2 Å². The number of ether oxygens (including phenoxy) is 1. The summed E-state index contributed by atoms with van der Waals surface area (Å²) < 4.78 is 5.50. The van der Waals surface area contributed by atoms with Gasteiger partial charge >= 0.3 is 0 Å². The van der Waals surface area contributed by atoms with E-state index in [9.17, 15) is 0 Å². The van der Waals surface area contributed by atoms with Crippen LogP contribution in [0.4, 0.5) is 0 Å². The summed E-state index contributed by atoms with van der Waals surface area (Å²) in [4.78, 5) is 8.56. The number of pyridine rings is 1. The molecule has 0 aromatic carbocycles. The molecule has 0 aliphatic rings. The van der Waals surface area contributed by atoms with Crippen molar-refractivity contribution in [2.75, 3.05) is 32.8 Å². The predicted octanol–water partition coefficient (Wildman–Crippen LogP) is 2.65. The summed E-state index contributed by atoms with van der Waals surface area (Å²) in [6.45, 7) is 8.00. The van der Waals surface area contributed by atoms with Crippen molar-refractivity contribution in [3.8, 4) is 0 Å². The van der Waals surface area contributed by atoms with Crippen LogP contribution in [0.2, 0.25) is 5.15 Å². The Balaban J connectivity index is 2.25. The fourth-order valence-electron chi connectivity index (χ4n) is 1.79. The summed E-state index contributed by atoms with van der Waals surface area (Å²) in [5.74, 6) is 0.823. The first-order valence-electron chi connectivity index (χ1n) is 7.96. The average Bonchev–Trinajstić information content (AvgIpc) is 2.52. The van der Waals surface area contributed by atoms with E-state index in [-0.39, 0.29) is 0 Å². The standard InChI is InChI=1S/C16H27ClN4O/c1-3-5-11-22-12-10-20-16(18-4-2)19-9-8-14-6-7-15(17)21-13-14/h6-7,13H,3-5,8-12H2,1-2H3,(H2,18,19,20). The van der Waals surface area contributed by atoms with Gasteiger partial charge in [-0.15, -0.1) is 0 Å². The lowest BCUT2D eigenvalue weighted by atomic mass is 10.2. The zero-order valence-electron chi connectivity index (χ0n) is 13.6. The van der Waals surface area contributed by atoms with Crippen LogP contribution in [0.25, 0.3) is 0 Å². The zero-order valence-corrected chi connectivity index (χ0v) is 14.3. The van der Waals surface area contributed by atoms with Gasteiger partial charge < -0.3 is 15.4 Å². The quantitative estimate of drug-likeness (QED) is 0.300. The second-order valence-corrected chi connectivity index (χ2v) is 5.28. The van der Waals surface area contributed by atoms with E-state index in [2.05, 4.69) is 34.5 Å². The minimum absolute atomic E-state index is 0.523. The van der Waals surface area contributed by atoms with Crippen LogP contribution < -0.4 is 10.6 Å². The van der Waals surface area contributed by atoms with E-state index in [1.807, 2.05) is 12.1 Å². The SMILES string of the molecule is CCCCOCCN=C(NCC)NCCc1ccc(Cl)nc1. The molecule has 0 bridgehead atoms. The summed E-state index contributed by atoms with van der Waals surface area (Å²) in [5, 5.41) is 7.06. The van der Waals surface area contributed by atoms with Crippen LogP contribution in [-0.4, -0.2) is 43.8 Å². The van der Waals surface area contributed by atoms with Crippen LogP contribution in [0.1, 0.15) is 32.3 Å². The first-order chi connectivity index (χ1) is 10.8. The number of aliphatic imine (C=N–C) groups is 1. The number of aromatic nitrogens is 1. The maximum atomic E-state index is 5.77. The molecule has 0 atom stereocenters. The zero-order chi connectivity index (χ0) is 16.0. The average molecular weight is 327 g/mol. The van der Waals surface area contributed by atoms with E-state index >= 15 is 0 Å². The Morgan fingerprint density at radius 3 is 2.82 bits per heavy atom. The number of nitrogens with one attached hydrogen (secondary N) is 2. The van der Waals surface area contributed by atoms with Crippen LogP contribution in [0.3, 0.4) is 0 Å². The molecule has 0 fully saturated rings. The van der Waals surface area contributed by atoms with Gasteiger partial charge in [-0.1, -0.05) is 31.0 Å². The molecule has 6 heteroatoms. The molecule has 0 radical (unpaired) electrons. The molecule has 1 aromatic heterocycles. The molecule has 0 aliphatic heterocycles. The van der Waals surface area contributed by atoms with E-state index in [0.717, 1.165) is 50.5 Å². The highest BCUT2D eigenvalue weighted by Crippen LogP contribution is 2.05. The largest absolute Gasteiger partial charge is 0.380 e. The number of hydrogen-bond acceptors (Lipinski definition) is 3. The molecule has 2 N–H and O–H groups in total. The molecule has 0 spiro atoms. The Bertz CT molecular complexity index is 423. The van der Waals surface area contributed by atoms with Crippen LogP contribution in [0, 0.1) is 0 Å². The Morgan fingerprint density at radius 1 is 1.27 bits per heavy atom. The first kappa shape index (κ1) is 18.7. The van der Waals surface area contributed by atoms with Gasteiger partial charge in [-0.3, -0.25) is 4.99 Å². The van der Waals surface area contributed by atoms with E-state index in [4.69, 9.17) is 16.3 Å². The van der Waals surface area contributed by atoms with Gasteiger partial charge in [-0.25, -0.2) is 4.98 Å². The van der Waals surface area contributed by atoms with Gasteiger partial charge in [0.25, 0.3) is 0 Å². The number of halogens is 1. The maximum Gasteiger partial charge on any atom is 0.191 e. The van der Waals surface area contributed by atoms with Crippen molar-refractivity contribution in [2.45, 2.75) is 33.1 Å². The highest BCUT2D eigenvalue weighted by Gasteiger charge is 1.98. The third kappa shape index (κ3) is 8.85. The van der Waals surface area contributed by atoms with Crippen molar-refractivity contribution >= 4 is 17.6 Å². The van der Waals surface area contributed by atoms with Crippen molar-refractivity contribution < 1.29 is 4.74 Å². The summed E-state index contributed by atoms with van der Waals surface area (Å²) >= 11 is 5.77. The van der Waals surface area contributed by atoms with Crippen LogP contribution in [0.5, 0.6) is 0 Å². The highest BCUT2D eigenvalue weighted by molar-refractivity contribution is 6.29. The summed E-state index contributed by atoms with van der Waals surface area (Å²) in [7, 11) is 0. The van der Waals surface area contributed by atoms with Gasteiger partial charge in [0.1, 0.15) is 5.15 Å². The number of hydrogen-bond donors (Lipinski definition) is 2. The number of guanidine groups is 1. The van der Waals surface area contributed by atoms with Crippen LogP contribution >= 0.6 is 11.6 Å². The van der Waals surface area contributed by atoms with Crippen molar-refractivity contribution in [2.24, 2.45) is 4.99 Å². The van der Waals surface area contributed by atoms with Crippen molar-refractivity contribution in [3.63, 3.8) is 0 Å². The second kappa shape index (κ2) is 12.2. The molecule has 1 heterocycles. The first-order valence-corrected chi connectivity index (χ1v) is 8.34. The van der Waals surface area contributed by atoms with Crippen LogP contribution in [-0.2, 0) is 11.2 Å². The molecule has 0 unspecified atom stereocenters. The molecule has 5 nitrogen and oxygen atoms in total. The van der Waals surface area contributed by atoms with Crippen LogP contribution in [0.15, 0.2) is 23.3 Å².